The molecule has 2 aliphatic rings. The molecular weight excluding hydrogens is 424 g/mol. The number of imidazole rings is 1. The fraction of sp³-hybridized carbons (Fsp3) is 0.536. The molecule has 6 heteroatoms. The molecule has 2 aromatic rings. The minimum absolute atomic E-state index is 0.0335. The van der Waals surface area contributed by atoms with Gasteiger partial charge >= 0.3 is 0 Å². The predicted octanol–water partition coefficient (Wildman–Crippen LogP) is 4.43. The summed E-state index contributed by atoms with van der Waals surface area (Å²) in [6.45, 7) is 7.24. The minimum Gasteiger partial charge on any atom is -0.351 e. The fourth-order valence-electron chi connectivity index (χ4n) is 5.22. The highest BCUT2D eigenvalue weighted by Crippen LogP contribution is 2.28. The van der Waals surface area contributed by atoms with Crippen LogP contribution in [0.1, 0.15) is 73.1 Å². The van der Waals surface area contributed by atoms with E-state index in [2.05, 4.69) is 32.3 Å². The SMILES string of the molecule is CC(C)C(=O)c1ccc2c(c1)CCN(CC[C@H]1CC[C@H](NC(=O)/C=C/c3c[nH]cn3)CC1)CC2. The lowest BCUT2D eigenvalue weighted by Crippen LogP contribution is -2.37. The number of hydrogen-bond acceptors (Lipinski definition) is 4. The Bertz CT molecular complexity index is 988. The lowest BCUT2D eigenvalue weighted by Gasteiger charge is -2.30. The molecule has 0 atom stereocenters. The summed E-state index contributed by atoms with van der Waals surface area (Å²) in [7, 11) is 0. The van der Waals surface area contributed by atoms with Crippen molar-refractivity contribution in [2.24, 2.45) is 11.8 Å². The van der Waals surface area contributed by atoms with Crippen LogP contribution in [0.4, 0.5) is 0 Å². The number of rotatable bonds is 8. The number of Topliss-reactive ketones (excluding diaryl/α,β-unsaturated/α-hetero) is 1. The van der Waals surface area contributed by atoms with Crippen LogP contribution in [-0.2, 0) is 17.6 Å². The average Bonchev–Trinajstić information content (AvgIpc) is 3.28. The van der Waals surface area contributed by atoms with Crippen LogP contribution in [0.5, 0.6) is 0 Å². The molecule has 0 bridgehead atoms. The molecule has 0 saturated heterocycles. The number of nitrogens with one attached hydrogen (secondary N) is 2. The van der Waals surface area contributed by atoms with E-state index in [0.29, 0.717) is 0 Å². The lowest BCUT2D eigenvalue weighted by atomic mass is 9.84. The molecule has 1 aromatic heterocycles. The van der Waals surface area contributed by atoms with E-state index in [4.69, 9.17) is 0 Å². The third kappa shape index (κ3) is 6.66. The topological polar surface area (TPSA) is 78.1 Å². The van der Waals surface area contributed by atoms with Crippen molar-refractivity contribution in [1.82, 2.24) is 20.2 Å². The average molecular weight is 463 g/mol. The van der Waals surface area contributed by atoms with E-state index in [1.165, 1.54) is 30.4 Å². The molecule has 2 N–H and O–H groups in total. The summed E-state index contributed by atoms with van der Waals surface area (Å²) in [5.74, 6) is 0.994. The predicted molar refractivity (Wildman–Crippen MR) is 136 cm³/mol. The molecule has 4 rings (SSSR count). The summed E-state index contributed by atoms with van der Waals surface area (Å²) in [5.41, 5.74) is 4.38. The van der Waals surface area contributed by atoms with Gasteiger partial charge in [0.05, 0.1) is 12.0 Å². The van der Waals surface area contributed by atoms with Crippen LogP contribution in [-0.4, -0.2) is 52.2 Å². The van der Waals surface area contributed by atoms with Crippen molar-refractivity contribution in [3.63, 3.8) is 0 Å². The van der Waals surface area contributed by atoms with Gasteiger partial charge in [-0.15, -0.1) is 0 Å². The van der Waals surface area contributed by atoms with E-state index in [1.807, 2.05) is 19.9 Å². The summed E-state index contributed by atoms with van der Waals surface area (Å²) >= 11 is 0. The van der Waals surface area contributed by atoms with E-state index < -0.39 is 0 Å². The normalized spacial score (nSPS) is 21.4. The number of aromatic nitrogens is 2. The van der Waals surface area contributed by atoms with Crippen LogP contribution in [0.3, 0.4) is 0 Å². The Kier molecular flexibility index (Phi) is 8.33. The van der Waals surface area contributed by atoms with Gasteiger partial charge in [-0.2, -0.15) is 0 Å². The highest BCUT2D eigenvalue weighted by atomic mass is 16.1. The Morgan fingerprint density at radius 1 is 1.15 bits per heavy atom. The Hall–Kier alpha value is -2.73. The smallest absolute Gasteiger partial charge is 0.244 e. The number of benzene rings is 1. The second-order valence-electron chi connectivity index (χ2n) is 10.2. The second-order valence-corrected chi connectivity index (χ2v) is 10.2. The van der Waals surface area contributed by atoms with E-state index in [9.17, 15) is 9.59 Å². The molecular formula is C28H38N4O2. The first-order chi connectivity index (χ1) is 16.5. The van der Waals surface area contributed by atoms with Gasteiger partial charge in [0, 0.05) is 42.9 Å². The Balaban J connectivity index is 1.18. The van der Waals surface area contributed by atoms with E-state index in [-0.39, 0.29) is 23.7 Å². The van der Waals surface area contributed by atoms with Gasteiger partial charge in [0.1, 0.15) is 0 Å². The maximum absolute atomic E-state index is 12.4. The molecule has 1 aromatic carbocycles. The van der Waals surface area contributed by atoms with Gasteiger partial charge in [-0.25, -0.2) is 4.98 Å². The number of carbonyl (C=O) groups excluding carboxylic acids is 2. The molecule has 34 heavy (non-hydrogen) atoms. The molecule has 6 nitrogen and oxygen atoms in total. The molecule has 0 unspecified atom stereocenters. The van der Waals surface area contributed by atoms with Crippen molar-refractivity contribution in [1.29, 1.82) is 0 Å². The summed E-state index contributed by atoms with van der Waals surface area (Å²) in [6, 6.07) is 6.61. The van der Waals surface area contributed by atoms with Crippen LogP contribution in [0.25, 0.3) is 6.08 Å². The maximum atomic E-state index is 12.4. The lowest BCUT2D eigenvalue weighted by molar-refractivity contribution is -0.117. The van der Waals surface area contributed by atoms with Gasteiger partial charge in [-0.3, -0.25) is 9.59 Å². The molecule has 1 amide bonds. The largest absolute Gasteiger partial charge is 0.351 e. The zero-order chi connectivity index (χ0) is 23.9. The number of amides is 1. The van der Waals surface area contributed by atoms with Gasteiger partial charge in [0.15, 0.2) is 5.78 Å². The summed E-state index contributed by atoms with van der Waals surface area (Å²) in [5, 5.41) is 3.15. The number of ketones is 1. The first-order valence-corrected chi connectivity index (χ1v) is 12.8. The maximum Gasteiger partial charge on any atom is 0.244 e. The number of carbonyl (C=O) groups is 2. The van der Waals surface area contributed by atoms with E-state index >= 15 is 0 Å². The Labute approximate surface area is 203 Å². The van der Waals surface area contributed by atoms with Crippen molar-refractivity contribution in [3.8, 4) is 0 Å². The fourth-order valence-corrected chi connectivity index (χ4v) is 5.22. The number of hydrogen-bond donors (Lipinski definition) is 2. The molecule has 0 radical (unpaired) electrons. The number of aromatic amines is 1. The Morgan fingerprint density at radius 3 is 2.62 bits per heavy atom. The third-order valence-electron chi connectivity index (χ3n) is 7.38. The summed E-state index contributed by atoms with van der Waals surface area (Å²) < 4.78 is 0. The van der Waals surface area contributed by atoms with Gasteiger partial charge in [0.25, 0.3) is 0 Å². The van der Waals surface area contributed by atoms with Gasteiger partial charge < -0.3 is 15.2 Å². The van der Waals surface area contributed by atoms with Crippen molar-refractivity contribution >= 4 is 17.8 Å². The first-order valence-electron chi connectivity index (χ1n) is 12.8. The van der Waals surface area contributed by atoms with Crippen LogP contribution in [0.15, 0.2) is 36.8 Å². The zero-order valence-corrected chi connectivity index (χ0v) is 20.6. The van der Waals surface area contributed by atoms with Crippen LogP contribution < -0.4 is 5.32 Å². The monoisotopic (exact) mass is 462 g/mol. The molecule has 1 aliphatic carbocycles. The van der Waals surface area contributed by atoms with Crippen LogP contribution in [0, 0.1) is 11.8 Å². The molecule has 1 saturated carbocycles. The summed E-state index contributed by atoms with van der Waals surface area (Å²) in [4.78, 5) is 34.1. The highest BCUT2D eigenvalue weighted by Gasteiger charge is 2.23. The highest BCUT2D eigenvalue weighted by molar-refractivity contribution is 5.97. The van der Waals surface area contributed by atoms with Crippen molar-refractivity contribution in [2.45, 2.75) is 64.8 Å². The van der Waals surface area contributed by atoms with Crippen LogP contribution in [0.2, 0.25) is 0 Å². The minimum atomic E-state index is -0.0335. The quantitative estimate of drug-likeness (QED) is 0.449. The standard InChI is InChI=1S/C28H38N4O2/c1-20(2)28(34)24-6-5-22-12-15-32(16-13-23(22)17-24)14-11-21-3-7-25(8-4-21)31-27(33)10-9-26-18-29-19-30-26/h5-6,9-10,17-21,25H,3-4,7-8,11-16H2,1-2H3,(H,29,30)(H,31,33)/b10-9+/t21-,25-. The third-order valence-corrected chi connectivity index (χ3v) is 7.38. The van der Waals surface area contributed by atoms with Crippen LogP contribution >= 0.6 is 0 Å². The number of H-pyrrole nitrogens is 1. The van der Waals surface area contributed by atoms with Crippen molar-refractivity contribution in [3.05, 3.63) is 59.2 Å². The van der Waals surface area contributed by atoms with Crippen molar-refractivity contribution < 1.29 is 9.59 Å². The number of nitrogens with zero attached hydrogens (tertiary/aromatic N) is 2. The molecule has 0 spiro atoms. The molecule has 1 aliphatic heterocycles. The second kappa shape index (κ2) is 11.6. The molecule has 1 fully saturated rings. The number of fused-ring (bicyclic) bond motifs is 1. The van der Waals surface area contributed by atoms with Gasteiger partial charge in [-0.05, 0) is 80.7 Å². The first kappa shape index (κ1) is 24.4. The van der Waals surface area contributed by atoms with E-state index in [1.54, 1.807) is 24.7 Å². The van der Waals surface area contributed by atoms with Gasteiger partial charge in [0.2, 0.25) is 5.91 Å². The zero-order valence-electron chi connectivity index (χ0n) is 20.6. The molecule has 2 heterocycles. The van der Waals surface area contributed by atoms with E-state index in [0.717, 1.165) is 62.5 Å². The summed E-state index contributed by atoms with van der Waals surface area (Å²) in [6.07, 6.45) is 14.5. The Morgan fingerprint density at radius 2 is 1.91 bits per heavy atom. The van der Waals surface area contributed by atoms with Gasteiger partial charge in [-0.1, -0.05) is 26.0 Å². The molecule has 182 valence electrons. The van der Waals surface area contributed by atoms with Crippen molar-refractivity contribution in [2.75, 3.05) is 19.6 Å².